The van der Waals surface area contributed by atoms with Crippen molar-refractivity contribution in [2.24, 2.45) is 0 Å². The summed E-state index contributed by atoms with van der Waals surface area (Å²) in [5.41, 5.74) is 2.12. The number of aliphatic hydroxyl groups is 1. The highest BCUT2D eigenvalue weighted by Crippen LogP contribution is 2.21. The van der Waals surface area contributed by atoms with Gasteiger partial charge in [0, 0.05) is 24.5 Å². The molecule has 2 heterocycles. The minimum absolute atomic E-state index is 0.0525. The van der Waals surface area contributed by atoms with Crippen molar-refractivity contribution in [3.63, 3.8) is 0 Å². The summed E-state index contributed by atoms with van der Waals surface area (Å²) in [7, 11) is 0. The van der Waals surface area contributed by atoms with Gasteiger partial charge >= 0.3 is 0 Å². The molecule has 0 fully saturated rings. The van der Waals surface area contributed by atoms with Gasteiger partial charge in [0.25, 0.3) is 5.91 Å². The maximum absolute atomic E-state index is 13.0. The summed E-state index contributed by atoms with van der Waals surface area (Å²) < 4.78 is 13.0. The second kappa shape index (κ2) is 7.01. The number of halogens is 1. The van der Waals surface area contributed by atoms with E-state index < -0.39 is 6.10 Å². The summed E-state index contributed by atoms with van der Waals surface area (Å²) >= 11 is 0. The first-order valence-electron chi connectivity index (χ1n) is 7.30. The van der Waals surface area contributed by atoms with Crippen LogP contribution in [0.15, 0.2) is 55.0 Å². The molecule has 3 N–H and O–H groups in total. The summed E-state index contributed by atoms with van der Waals surface area (Å²) in [6, 6.07) is 9.10. The predicted octanol–water partition coefficient (Wildman–Crippen LogP) is 2.07. The van der Waals surface area contributed by atoms with Crippen molar-refractivity contribution < 1.29 is 14.3 Å². The highest BCUT2D eigenvalue weighted by atomic mass is 19.1. The number of carbonyl (C=O) groups is 1. The maximum Gasteiger partial charge on any atom is 0.255 e. The minimum Gasteiger partial charge on any atom is -0.387 e. The Morgan fingerprint density at radius 3 is 2.62 bits per heavy atom. The molecule has 1 atom stereocenters. The van der Waals surface area contributed by atoms with E-state index in [1.54, 1.807) is 36.7 Å². The molecule has 1 unspecified atom stereocenters. The molecule has 1 amide bonds. The molecule has 3 rings (SSSR count). The lowest BCUT2D eigenvalue weighted by Gasteiger charge is -2.12. The number of rotatable bonds is 5. The highest BCUT2D eigenvalue weighted by molar-refractivity contribution is 5.99. The van der Waals surface area contributed by atoms with Gasteiger partial charge in [0.2, 0.25) is 0 Å². The van der Waals surface area contributed by atoms with Crippen LogP contribution in [0.4, 0.5) is 4.39 Å². The molecule has 1 aromatic carbocycles. The Labute approximate surface area is 137 Å². The van der Waals surface area contributed by atoms with Crippen LogP contribution >= 0.6 is 0 Å². The molecule has 0 aliphatic rings. The first kappa shape index (κ1) is 15.8. The fraction of sp³-hybridized carbons (Fsp3) is 0.118. The Bertz CT molecular complexity index is 818. The SMILES string of the molecule is O=C(NCC(O)c1ccncc1)c1cn[nH]c1-c1ccc(F)cc1. The summed E-state index contributed by atoms with van der Waals surface area (Å²) in [4.78, 5) is 16.2. The van der Waals surface area contributed by atoms with Gasteiger partial charge in [-0.25, -0.2) is 4.39 Å². The smallest absolute Gasteiger partial charge is 0.255 e. The van der Waals surface area contributed by atoms with Crippen molar-refractivity contribution in [1.82, 2.24) is 20.5 Å². The van der Waals surface area contributed by atoms with Crippen LogP contribution in [0.3, 0.4) is 0 Å². The molecule has 0 saturated carbocycles. The van der Waals surface area contributed by atoms with Gasteiger partial charge in [0.15, 0.2) is 0 Å². The van der Waals surface area contributed by atoms with Gasteiger partial charge < -0.3 is 10.4 Å². The quantitative estimate of drug-likeness (QED) is 0.669. The largest absolute Gasteiger partial charge is 0.387 e. The topological polar surface area (TPSA) is 90.9 Å². The normalized spacial score (nSPS) is 11.9. The Morgan fingerprint density at radius 2 is 1.92 bits per heavy atom. The first-order chi connectivity index (χ1) is 11.6. The predicted molar refractivity (Wildman–Crippen MR) is 85.5 cm³/mol. The van der Waals surface area contributed by atoms with Gasteiger partial charge in [0.1, 0.15) is 5.82 Å². The number of nitrogens with zero attached hydrogens (tertiary/aromatic N) is 2. The molecule has 7 heteroatoms. The zero-order valence-electron chi connectivity index (χ0n) is 12.6. The van der Waals surface area contributed by atoms with E-state index >= 15 is 0 Å². The van der Waals surface area contributed by atoms with E-state index in [2.05, 4.69) is 20.5 Å². The van der Waals surface area contributed by atoms with E-state index in [0.29, 0.717) is 22.4 Å². The van der Waals surface area contributed by atoms with E-state index in [4.69, 9.17) is 0 Å². The van der Waals surface area contributed by atoms with E-state index in [-0.39, 0.29) is 18.3 Å². The standard InChI is InChI=1S/C17H15FN4O2/c18-13-3-1-12(2-4-13)16-14(9-21-22-16)17(24)20-10-15(23)11-5-7-19-8-6-11/h1-9,15,23H,10H2,(H,20,24)(H,21,22). The number of amides is 1. The zero-order chi connectivity index (χ0) is 16.9. The van der Waals surface area contributed by atoms with Gasteiger partial charge in [-0.2, -0.15) is 5.10 Å². The molecule has 3 aromatic rings. The van der Waals surface area contributed by atoms with E-state index in [0.717, 1.165) is 0 Å². The Morgan fingerprint density at radius 1 is 1.21 bits per heavy atom. The number of aromatic amines is 1. The van der Waals surface area contributed by atoms with Crippen molar-refractivity contribution in [2.45, 2.75) is 6.10 Å². The molecule has 24 heavy (non-hydrogen) atoms. The summed E-state index contributed by atoms with van der Waals surface area (Å²) in [6.45, 7) is 0.0525. The van der Waals surface area contributed by atoms with Crippen molar-refractivity contribution in [2.75, 3.05) is 6.54 Å². The van der Waals surface area contributed by atoms with Gasteiger partial charge in [-0.3, -0.25) is 14.9 Å². The maximum atomic E-state index is 13.0. The van der Waals surface area contributed by atoms with Crippen LogP contribution in [0.5, 0.6) is 0 Å². The van der Waals surface area contributed by atoms with Gasteiger partial charge in [-0.05, 0) is 42.0 Å². The van der Waals surface area contributed by atoms with Crippen LogP contribution in [-0.2, 0) is 0 Å². The van der Waals surface area contributed by atoms with E-state index in [1.165, 1.54) is 18.3 Å². The van der Waals surface area contributed by atoms with E-state index in [9.17, 15) is 14.3 Å². The third-order valence-corrected chi connectivity index (χ3v) is 3.56. The van der Waals surface area contributed by atoms with Crippen molar-refractivity contribution in [3.05, 3.63) is 71.9 Å². The van der Waals surface area contributed by atoms with Crippen molar-refractivity contribution in [1.29, 1.82) is 0 Å². The first-order valence-corrected chi connectivity index (χ1v) is 7.30. The van der Waals surface area contributed by atoms with Gasteiger partial charge in [-0.15, -0.1) is 0 Å². The van der Waals surface area contributed by atoms with Crippen LogP contribution in [0.25, 0.3) is 11.3 Å². The molecule has 0 aliphatic carbocycles. The van der Waals surface area contributed by atoms with Crippen LogP contribution in [0, 0.1) is 5.82 Å². The summed E-state index contributed by atoms with van der Waals surface area (Å²) in [5, 5.41) is 19.4. The summed E-state index contributed by atoms with van der Waals surface area (Å²) in [5.74, 6) is -0.735. The fourth-order valence-electron chi connectivity index (χ4n) is 2.28. The van der Waals surface area contributed by atoms with Crippen LogP contribution in [0.1, 0.15) is 22.0 Å². The van der Waals surface area contributed by atoms with Crippen LogP contribution < -0.4 is 5.32 Å². The van der Waals surface area contributed by atoms with Gasteiger partial charge in [-0.1, -0.05) is 0 Å². The molecular formula is C17H15FN4O2. The number of H-pyrrole nitrogens is 1. The van der Waals surface area contributed by atoms with Crippen LogP contribution in [-0.4, -0.2) is 32.7 Å². The molecule has 0 aliphatic heterocycles. The molecular weight excluding hydrogens is 311 g/mol. The number of hydrogen-bond donors (Lipinski definition) is 3. The third kappa shape index (κ3) is 3.47. The number of benzene rings is 1. The van der Waals surface area contributed by atoms with Crippen LogP contribution in [0.2, 0.25) is 0 Å². The number of aliphatic hydroxyl groups excluding tert-OH is 1. The Balaban J connectivity index is 1.70. The van der Waals surface area contributed by atoms with Crippen molar-refractivity contribution >= 4 is 5.91 Å². The Kier molecular flexibility index (Phi) is 4.62. The molecule has 0 saturated heterocycles. The number of nitrogens with one attached hydrogen (secondary N) is 2. The lowest BCUT2D eigenvalue weighted by atomic mass is 10.1. The minimum atomic E-state index is -0.835. The van der Waals surface area contributed by atoms with E-state index in [1.807, 2.05) is 0 Å². The van der Waals surface area contributed by atoms with Gasteiger partial charge in [0.05, 0.1) is 23.6 Å². The molecule has 0 spiro atoms. The average Bonchev–Trinajstić information content (AvgIpc) is 3.10. The lowest BCUT2D eigenvalue weighted by Crippen LogP contribution is -2.28. The number of hydrogen-bond acceptors (Lipinski definition) is 4. The second-order valence-corrected chi connectivity index (χ2v) is 5.17. The lowest BCUT2D eigenvalue weighted by molar-refractivity contribution is 0.0917. The van der Waals surface area contributed by atoms with Crippen molar-refractivity contribution in [3.8, 4) is 11.3 Å². The molecule has 6 nitrogen and oxygen atoms in total. The molecule has 122 valence electrons. The molecule has 2 aromatic heterocycles. The number of pyridine rings is 1. The zero-order valence-corrected chi connectivity index (χ0v) is 12.6. The number of carbonyl (C=O) groups excluding carboxylic acids is 1. The third-order valence-electron chi connectivity index (χ3n) is 3.56. The fourth-order valence-corrected chi connectivity index (χ4v) is 2.28. The Hall–Kier alpha value is -3.06. The molecule has 0 bridgehead atoms. The highest BCUT2D eigenvalue weighted by Gasteiger charge is 2.16. The average molecular weight is 326 g/mol. The molecule has 0 radical (unpaired) electrons. The number of aromatic nitrogens is 3. The summed E-state index contributed by atoms with van der Waals surface area (Å²) in [6.07, 6.45) is 3.71. The second-order valence-electron chi connectivity index (χ2n) is 5.17. The monoisotopic (exact) mass is 326 g/mol.